The second kappa shape index (κ2) is 9.41. The van der Waals surface area contributed by atoms with Gasteiger partial charge in [-0.25, -0.2) is 4.79 Å². The van der Waals surface area contributed by atoms with E-state index in [1.165, 1.54) is 12.1 Å². The molecule has 0 saturated carbocycles. The SMILES string of the molecule is Cc1cc(Br)ccc1NC(=O)CNC(=O)COC(=O)c1cc2ccccc2cc1O. The Balaban J connectivity index is 1.50. The van der Waals surface area contributed by atoms with E-state index in [2.05, 4.69) is 26.6 Å². The molecule has 0 aliphatic carbocycles. The van der Waals surface area contributed by atoms with Gasteiger partial charge in [-0.15, -0.1) is 0 Å². The fourth-order valence-corrected chi connectivity index (χ4v) is 3.27. The lowest BCUT2D eigenvalue weighted by Gasteiger charge is -2.10. The molecule has 7 nitrogen and oxygen atoms in total. The molecule has 0 aliphatic rings. The minimum absolute atomic E-state index is 0.0371. The van der Waals surface area contributed by atoms with Crippen LogP contribution in [-0.2, 0) is 14.3 Å². The lowest BCUT2D eigenvalue weighted by atomic mass is 10.1. The van der Waals surface area contributed by atoms with Gasteiger partial charge in [-0.1, -0.05) is 40.2 Å². The number of aryl methyl sites for hydroxylation is 1. The first-order chi connectivity index (χ1) is 14.3. The predicted octanol–water partition coefficient (Wildman–Crippen LogP) is 3.53. The number of fused-ring (bicyclic) bond motifs is 1. The predicted molar refractivity (Wildman–Crippen MR) is 116 cm³/mol. The molecular weight excluding hydrogens is 452 g/mol. The van der Waals surface area contributed by atoms with E-state index in [4.69, 9.17) is 4.74 Å². The highest BCUT2D eigenvalue weighted by atomic mass is 79.9. The average Bonchev–Trinajstić information content (AvgIpc) is 2.72. The van der Waals surface area contributed by atoms with Crippen molar-refractivity contribution in [1.29, 1.82) is 0 Å². The van der Waals surface area contributed by atoms with Crippen molar-refractivity contribution in [2.24, 2.45) is 0 Å². The normalized spacial score (nSPS) is 10.5. The molecule has 0 unspecified atom stereocenters. The van der Waals surface area contributed by atoms with Crippen LogP contribution >= 0.6 is 15.9 Å². The van der Waals surface area contributed by atoms with Crippen molar-refractivity contribution in [3.63, 3.8) is 0 Å². The van der Waals surface area contributed by atoms with Crippen LogP contribution in [0.2, 0.25) is 0 Å². The Morgan fingerprint density at radius 1 is 1.00 bits per heavy atom. The number of carbonyl (C=O) groups is 3. The van der Waals surface area contributed by atoms with E-state index in [0.29, 0.717) is 5.69 Å². The van der Waals surface area contributed by atoms with Gasteiger partial charge in [0.25, 0.3) is 5.91 Å². The van der Waals surface area contributed by atoms with Crippen molar-refractivity contribution < 1.29 is 24.2 Å². The van der Waals surface area contributed by atoms with Crippen molar-refractivity contribution in [3.05, 3.63) is 70.2 Å². The third-order valence-corrected chi connectivity index (χ3v) is 4.82. The van der Waals surface area contributed by atoms with Crippen LogP contribution in [0.25, 0.3) is 10.8 Å². The molecule has 3 N–H and O–H groups in total. The Hall–Kier alpha value is -3.39. The number of carbonyl (C=O) groups excluding carboxylic acids is 3. The average molecular weight is 471 g/mol. The highest BCUT2D eigenvalue weighted by molar-refractivity contribution is 9.10. The van der Waals surface area contributed by atoms with E-state index in [1.807, 2.05) is 25.1 Å². The zero-order valence-electron chi connectivity index (χ0n) is 16.1. The maximum Gasteiger partial charge on any atom is 0.342 e. The van der Waals surface area contributed by atoms with Crippen LogP contribution in [0.1, 0.15) is 15.9 Å². The summed E-state index contributed by atoms with van der Waals surface area (Å²) in [5.74, 6) is -2.11. The number of amides is 2. The third-order valence-electron chi connectivity index (χ3n) is 4.33. The number of ether oxygens (including phenoxy) is 1. The van der Waals surface area contributed by atoms with Gasteiger partial charge < -0.3 is 20.5 Å². The number of esters is 1. The van der Waals surface area contributed by atoms with Crippen molar-refractivity contribution in [3.8, 4) is 5.75 Å². The summed E-state index contributed by atoms with van der Waals surface area (Å²) in [4.78, 5) is 36.1. The summed E-state index contributed by atoms with van der Waals surface area (Å²) >= 11 is 3.35. The summed E-state index contributed by atoms with van der Waals surface area (Å²) in [5.41, 5.74) is 1.47. The van der Waals surface area contributed by atoms with Crippen LogP contribution in [0.3, 0.4) is 0 Å². The highest BCUT2D eigenvalue weighted by Crippen LogP contribution is 2.25. The van der Waals surface area contributed by atoms with Crippen LogP contribution in [0.4, 0.5) is 5.69 Å². The highest BCUT2D eigenvalue weighted by Gasteiger charge is 2.16. The van der Waals surface area contributed by atoms with Crippen LogP contribution in [0, 0.1) is 6.92 Å². The summed E-state index contributed by atoms with van der Waals surface area (Å²) in [6, 6.07) is 15.6. The van der Waals surface area contributed by atoms with E-state index in [1.54, 1.807) is 24.3 Å². The fraction of sp³-hybridized carbons (Fsp3) is 0.136. The van der Waals surface area contributed by atoms with Gasteiger partial charge >= 0.3 is 5.97 Å². The maximum atomic E-state index is 12.2. The fourth-order valence-electron chi connectivity index (χ4n) is 2.79. The molecule has 154 valence electrons. The molecule has 2 amide bonds. The molecule has 3 rings (SSSR count). The molecule has 0 fully saturated rings. The van der Waals surface area contributed by atoms with Gasteiger partial charge in [0.05, 0.1) is 6.54 Å². The van der Waals surface area contributed by atoms with Gasteiger partial charge in [0.2, 0.25) is 5.91 Å². The molecule has 0 aromatic heterocycles. The van der Waals surface area contributed by atoms with Gasteiger partial charge in [0.15, 0.2) is 6.61 Å². The van der Waals surface area contributed by atoms with Crippen molar-refractivity contribution in [2.45, 2.75) is 6.92 Å². The van der Waals surface area contributed by atoms with E-state index >= 15 is 0 Å². The van der Waals surface area contributed by atoms with Crippen LogP contribution < -0.4 is 10.6 Å². The second-order valence-corrected chi connectivity index (χ2v) is 7.49. The molecule has 30 heavy (non-hydrogen) atoms. The molecule has 0 aliphatic heterocycles. The number of aromatic hydroxyl groups is 1. The molecule has 8 heteroatoms. The summed E-state index contributed by atoms with van der Waals surface area (Å²) in [6.45, 7) is 1.00. The first kappa shape index (κ1) is 21.3. The number of phenolic OH excluding ortho intramolecular Hbond substituents is 1. The standard InChI is InChI=1S/C22H19BrN2O5/c1-13-8-16(23)6-7-18(13)25-20(27)11-24-21(28)12-30-22(29)17-9-14-4-2-3-5-15(14)10-19(17)26/h2-10,26H,11-12H2,1H3,(H,24,28)(H,25,27). The number of halogens is 1. The molecule has 3 aromatic rings. The molecule has 0 saturated heterocycles. The molecule has 0 atom stereocenters. The summed E-state index contributed by atoms with van der Waals surface area (Å²) in [7, 11) is 0. The first-order valence-electron chi connectivity index (χ1n) is 9.05. The van der Waals surface area contributed by atoms with E-state index in [9.17, 15) is 19.5 Å². The third kappa shape index (κ3) is 5.36. The quantitative estimate of drug-likeness (QED) is 0.478. The molecule has 3 aromatic carbocycles. The number of phenols is 1. The minimum Gasteiger partial charge on any atom is -0.507 e. The lowest BCUT2D eigenvalue weighted by molar-refractivity contribution is -0.126. The molecule has 0 radical (unpaired) electrons. The van der Waals surface area contributed by atoms with E-state index < -0.39 is 24.4 Å². The van der Waals surface area contributed by atoms with Crippen LogP contribution in [0.15, 0.2) is 59.1 Å². The Labute approximate surface area is 181 Å². The summed E-state index contributed by atoms with van der Waals surface area (Å²) in [5, 5.41) is 16.7. The maximum absolute atomic E-state index is 12.2. The number of nitrogens with one attached hydrogen (secondary N) is 2. The number of hydrogen-bond acceptors (Lipinski definition) is 5. The van der Waals surface area contributed by atoms with E-state index in [-0.39, 0.29) is 17.9 Å². The number of anilines is 1. The van der Waals surface area contributed by atoms with Gasteiger partial charge in [-0.3, -0.25) is 9.59 Å². The van der Waals surface area contributed by atoms with Crippen molar-refractivity contribution in [1.82, 2.24) is 5.32 Å². The zero-order valence-corrected chi connectivity index (χ0v) is 17.7. The molecule has 0 spiro atoms. The van der Waals surface area contributed by atoms with Gasteiger partial charge in [-0.2, -0.15) is 0 Å². The lowest BCUT2D eigenvalue weighted by Crippen LogP contribution is -2.35. The monoisotopic (exact) mass is 470 g/mol. The topological polar surface area (TPSA) is 105 Å². The van der Waals surface area contributed by atoms with Crippen LogP contribution in [0.5, 0.6) is 5.75 Å². The zero-order chi connectivity index (χ0) is 21.7. The molecular formula is C22H19BrN2O5. The van der Waals surface area contributed by atoms with Gasteiger partial charge in [0.1, 0.15) is 11.3 Å². The second-order valence-electron chi connectivity index (χ2n) is 6.58. The number of benzene rings is 3. The summed E-state index contributed by atoms with van der Waals surface area (Å²) in [6.07, 6.45) is 0. The van der Waals surface area contributed by atoms with Crippen molar-refractivity contribution >= 4 is 50.2 Å². The Kier molecular flexibility index (Phi) is 6.68. The number of rotatable bonds is 6. The smallest absolute Gasteiger partial charge is 0.342 e. The Morgan fingerprint density at radius 3 is 2.40 bits per heavy atom. The van der Waals surface area contributed by atoms with Crippen LogP contribution in [-0.4, -0.2) is 36.0 Å². The Morgan fingerprint density at radius 2 is 1.70 bits per heavy atom. The Bertz CT molecular complexity index is 1130. The first-order valence-corrected chi connectivity index (χ1v) is 9.84. The molecule has 0 heterocycles. The van der Waals surface area contributed by atoms with Crippen molar-refractivity contribution in [2.75, 3.05) is 18.5 Å². The largest absolute Gasteiger partial charge is 0.507 e. The summed E-state index contributed by atoms with van der Waals surface area (Å²) < 4.78 is 5.85. The van der Waals surface area contributed by atoms with Gasteiger partial charge in [0, 0.05) is 10.2 Å². The number of hydrogen-bond donors (Lipinski definition) is 3. The van der Waals surface area contributed by atoms with Gasteiger partial charge in [-0.05, 0) is 53.6 Å². The molecule has 0 bridgehead atoms. The minimum atomic E-state index is -0.830. The van der Waals surface area contributed by atoms with E-state index in [0.717, 1.165) is 20.8 Å².